The van der Waals surface area contributed by atoms with Gasteiger partial charge in [0, 0.05) is 18.5 Å². The van der Waals surface area contributed by atoms with Crippen LogP contribution in [0.5, 0.6) is 0 Å². The number of ether oxygens (including phenoxy) is 1. The fourth-order valence-corrected chi connectivity index (χ4v) is 2.55. The number of halogens is 1. The maximum absolute atomic E-state index is 6.26. The lowest BCUT2D eigenvalue weighted by molar-refractivity contribution is 0.0638. The maximum Gasteiger partial charge on any atom is 0.137 e. The van der Waals surface area contributed by atoms with Gasteiger partial charge in [-0.2, -0.15) is 0 Å². The average Bonchev–Trinajstić information content (AvgIpc) is 2.34. The van der Waals surface area contributed by atoms with Crippen LogP contribution in [0.15, 0.2) is 0 Å². The Bertz CT molecular complexity index is 462. The summed E-state index contributed by atoms with van der Waals surface area (Å²) in [5.74, 6) is 1.78. The summed E-state index contributed by atoms with van der Waals surface area (Å²) < 4.78 is 5.57. The first kappa shape index (κ1) is 14.5. The highest BCUT2D eigenvalue weighted by molar-refractivity contribution is 6.30. The predicted octanol–water partition coefficient (Wildman–Crippen LogP) is 3.01. The fourth-order valence-electron chi connectivity index (χ4n) is 2.37. The molecule has 0 N–H and O–H groups in total. The van der Waals surface area contributed by atoms with Crippen LogP contribution in [0.25, 0.3) is 0 Å². The van der Waals surface area contributed by atoms with E-state index in [0.29, 0.717) is 11.8 Å². The molecule has 19 heavy (non-hydrogen) atoms. The summed E-state index contributed by atoms with van der Waals surface area (Å²) in [7, 11) is 0. The van der Waals surface area contributed by atoms with E-state index in [2.05, 4.69) is 30.7 Å². The van der Waals surface area contributed by atoms with Crippen LogP contribution in [0.4, 0.5) is 5.82 Å². The molecule has 0 unspecified atom stereocenters. The zero-order chi connectivity index (χ0) is 14.0. The molecule has 5 heteroatoms. The Morgan fingerprint density at radius 1 is 1.37 bits per heavy atom. The van der Waals surface area contributed by atoms with Gasteiger partial charge in [-0.05, 0) is 27.2 Å². The van der Waals surface area contributed by atoms with E-state index in [-0.39, 0.29) is 5.54 Å². The van der Waals surface area contributed by atoms with Crippen LogP contribution in [0, 0.1) is 6.92 Å². The van der Waals surface area contributed by atoms with Gasteiger partial charge in [-0.3, -0.25) is 0 Å². The lowest BCUT2D eigenvalue weighted by atomic mass is 10.0. The molecule has 1 fully saturated rings. The van der Waals surface area contributed by atoms with Crippen LogP contribution >= 0.6 is 11.6 Å². The van der Waals surface area contributed by atoms with Crippen LogP contribution in [0.2, 0.25) is 5.15 Å². The van der Waals surface area contributed by atoms with Gasteiger partial charge in [0.1, 0.15) is 16.8 Å². The third-order valence-electron chi connectivity index (χ3n) is 3.48. The molecule has 2 heterocycles. The number of hydrogen-bond acceptors (Lipinski definition) is 4. The Morgan fingerprint density at radius 2 is 2.11 bits per heavy atom. The minimum Gasteiger partial charge on any atom is -0.377 e. The topological polar surface area (TPSA) is 38.2 Å². The zero-order valence-corrected chi connectivity index (χ0v) is 12.9. The molecule has 0 aliphatic carbocycles. The Labute approximate surface area is 120 Å². The number of rotatable bonds is 3. The van der Waals surface area contributed by atoms with Crippen molar-refractivity contribution < 1.29 is 4.74 Å². The third kappa shape index (κ3) is 3.00. The summed E-state index contributed by atoms with van der Waals surface area (Å²) in [6.07, 6.45) is 1.88. The molecular weight excluding hydrogens is 262 g/mol. The highest BCUT2D eigenvalue weighted by atomic mass is 35.5. The summed E-state index contributed by atoms with van der Waals surface area (Å²) in [6.45, 7) is 10.7. The molecule has 106 valence electrons. The van der Waals surface area contributed by atoms with Crippen LogP contribution < -0.4 is 4.90 Å². The molecular formula is C14H22ClN3O. The van der Waals surface area contributed by atoms with Crippen molar-refractivity contribution in [3.8, 4) is 0 Å². The van der Waals surface area contributed by atoms with Crippen molar-refractivity contribution >= 4 is 17.4 Å². The second kappa shape index (κ2) is 5.63. The first-order valence-corrected chi connectivity index (χ1v) is 7.22. The van der Waals surface area contributed by atoms with Crippen molar-refractivity contribution in [1.29, 1.82) is 0 Å². The van der Waals surface area contributed by atoms with Crippen LogP contribution in [-0.2, 0) is 11.2 Å². The van der Waals surface area contributed by atoms with Crippen molar-refractivity contribution in [1.82, 2.24) is 9.97 Å². The minimum atomic E-state index is -0.0653. The van der Waals surface area contributed by atoms with Crippen molar-refractivity contribution in [2.24, 2.45) is 0 Å². The van der Waals surface area contributed by atoms with Gasteiger partial charge in [0.2, 0.25) is 0 Å². The number of nitrogens with zero attached hydrogens (tertiary/aromatic N) is 3. The quantitative estimate of drug-likeness (QED) is 0.800. The lowest BCUT2D eigenvalue weighted by Gasteiger charge is -2.43. The molecule has 1 aromatic rings. The van der Waals surface area contributed by atoms with Crippen molar-refractivity contribution in [2.45, 2.75) is 46.1 Å². The standard InChI is InChI=1S/C14H22ClN3O/c1-5-6-11-16-12(15)10(2)13(17-11)18-7-8-19-9-14(18,3)4/h5-9H2,1-4H3. The van der Waals surface area contributed by atoms with Gasteiger partial charge >= 0.3 is 0 Å². The number of anilines is 1. The third-order valence-corrected chi connectivity index (χ3v) is 3.85. The highest BCUT2D eigenvalue weighted by Gasteiger charge is 2.33. The van der Waals surface area contributed by atoms with E-state index in [1.54, 1.807) is 0 Å². The second-order valence-corrected chi connectivity index (χ2v) is 6.00. The van der Waals surface area contributed by atoms with E-state index >= 15 is 0 Å². The SMILES string of the molecule is CCCc1nc(Cl)c(C)c(N2CCOCC2(C)C)n1. The number of aromatic nitrogens is 2. The van der Waals surface area contributed by atoms with Gasteiger partial charge < -0.3 is 9.64 Å². The molecule has 0 atom stereocenters. The summed E-state index contributed by atoms with van der Waals surface area (Å²) in [4.78, 5) is 11.4. The molecule has 0 amide bonds. The summed E-state index contributed by atoms with van der Waals surface area (Å²) in [6, 6.07) is 0. The molecule has 0 radical (unpaired) electrons. The number of morpholine rings is 1. The van der Waals surface area contributed by atoms with Gasteiger partial charge in [-0.15, -0.1) is 0 Å². The van der Waals surface area contributed by atoms with Crippen molar-refractivity contribution in [2.75, 3.05) is 24.7 Å². The molecule has 0 bridgehead atoms. The normalized spacial score (nSPS) is 18.7. The molecule has 4 nitrogen and oxygen atoms in total. The summed E-state index contributed by atoms with van der Waals surface area (Å²) in [5.41, 5.74) is 0.890. The monoisotopic (exact) mass is 283 g/mol. The van der Waals surface area contributed by atoms with Crippen molar-refractivity contribution in [3.05, 3.63) is 16.5 Å². The van der Waals surface area contributed by atoms with E-state index < -0.39 is 0 Å². The molecule has 1 aromatic heterocycles. The summed E-state index contributed by atoms with van der Waals surface area (Å²) >= 11 is 6.26. The van der Waals surface area contributed by atoms with E-state index in [4.69, 9.17) is 21.3 Å². The van der Waals surface area contributed by atoms with Gasteiger partial charge in [0.15, 0.2) is 0 Å². The summed E-state index contributed by atoms with van der Waals surface area (Å²) in [5, 5.41) is 0.566. The largest absolute Gasteiger partial charge is 0.377 e. The number of hydrogen-bond donors (Lipinski definition) is 0. The Morgan fingerprint density at radius 3 is 2.74 bits per heavy atom. The molecule has 0 saturated carbocycles. The van der Waals surface area contributed by atoms with E-state index in [0.717, 1.165) is 43.2 Å². The highest BCUT2D eigenvalue weighted by Crippen LogP contribution is 2.30. The first-order valence-electron chi connectivity index (χ1n) is 6.84. The Kier molecular flexibility index (Phi) is 4.31. The molecule has 0 aromatic carbocycles. The van der Waals surface area contributed by atoms with Gasteiger partial charge in [0.05, 0.1) is 18.8 Å². The molecule has 1 saturated heterocycles. The molecule has 1 aliphatic rings. The molecule has 0 spiro atoms. The van der Waals surface area contributed by atoms with Crippen LogP contribution in [0.3, 0.4) is 0 Å². The predicted molar refractivity (Wildman–Crippen MR) is 78.0 cm³/mol. The maximum atomic E-state index is 6.26. The average molecular weight is 284 g/mol. The number of aryl methyl sites for hydroxylation is 1. The smallest absolute Gasteiger partial charge is 0.137 e. The van der Waals surface area contributed by atoms with Crippen molar-refractivity contribution in [3.63, 3.8) is 0 Å². The van der Waals surface area contributed by atoms with Crippen LogP contribution in [-0.4, -0.2) is 35.3 Å². The zero-order valence-electron chi connectivity index (χ0n) is 12.2. The molecule has 1 aliphatic heterocycles. The van der Waals surface area contributed by atoms with Crippen LogP contribution in [0.1, 0.15) is 38.6 Å². The fraction of sp³-hybridized carbons (Fsp3) is 0.714. The lowest BCUT2D eigenvalue weighted by Crippen LogP contribution is -2.53. The van der Waals surface area contributed by atoms with E-state index in [1.807, 2.05) is 6.92 Å². The molecule has 2 rings (SSSR count). The Hall–Kier alpha value is -0.870. The second-order valence-electron chi connectivity index (χ2n) is 5.65. The van der Waals surface area contributed by atoms with E-state index in [1.165, 1.54) is 0 Å². The first-order chi connectivity index (χ1) is 8.95. The Balaban J connectivity index is 2.42. The minimum absolute atomic E-state index is 0.0653. The van der Waals surface area contributed by atoms with E-state index in [9.17, 15) is 0 Å². The van der Waals surface area contributed by atoms with Gasteiger partial charge in [0.25, 0.3) is 0 Å². The van der Waals surface area contributed by atoms with Gasteiger partial charge in [-0.1, -0.05) is 18.5 Å². The van der Waals surface area contributed by atoms with Gasteiger partial charge in [-0.25, -0.2) is 9.97 Å².